The molecular weight excluding hydrogens is 406 g/mol. The Balaban J connectivity index is 1.38. The maximum absolute atomic E-state index is 13.8. The number of aromatic nitrogens is 1. The first-order valence-electron chi connectivity index (χ1n) is 12.8. The summed E-state index contributed by atoms with van der Waals surface area (Å²) in [5.74, 6) is 0.320. The topological polar surface area (TPSA) is 37.3 Å². The van der Waals surface area contributed by atoms with Crippen LogP contribution in [0.2, 0.25) is 0 Å². The molecule has 3 aromatic rings. The number of hydrogen-bond acceptors (Lipinski definition) is 2. The van der Waals surface area contributed by atoms with Gasteiger partial charge in [0, 0.05) is 47.7 Å². The zero-order valence-corrected chi connectivity index (χ0v) is 20.1. The minimum absolute atomic E-state index is 0.282. The fourth-order valence-corrected chi connectivity index (χ4v) is 6.22. The van der Waals surface area contributed by atoms with Gasteiger partial charge in [-0.05, 0) is 63.3 Å². The highest BCUT2D eigenvalue weighted by atomic mass is 16.2. The number of hydrogen-bond donors (Lipinski definition) is 1. The van der Waals surface area contributed by atoms with E-state index in [1.807, 2.05) is 0 Å². The fourth-order valence-electron chi connectivity index (χ4n) is 6.22. The van der Waals surface area contributed by atoms with Gasteiger partial charge in [0.25, 0.3) is 0 Å². The van der Waals surface area contributed by atoms with Crippen LogP contribution >= 0.6 is 0 Å². The summed E-state index contributed by atoms with van der Waals surface area (Å²) in [5, 5.41) is 5.10. The summed E-state index contributed by atoms with van der Waals surface area (Å²) in [6, 6.07) is 20.3. The number of carbonyl (C=O) groups is 1. The van der Waals surface area contributed by atoms with Crippen LogP contribution in [0.1, 0.15) is 55.3 Å². The van der Waals surface area contributed by atoms with Gasteiger partial charge in [-0.2, -0.15) is 0 Å². The van der Waals surface area contributed by atoms with Gasteiger partial charge in [0.1, 0.15) is 0 Å². The Kier molecular flexibility index (Phi) is 6.55. The Morgan fingerprint density at radius 2 is 1.79 bits per heavy atom. The van der Waals surface area contributed by atoms with Crippen molar-refractivity contribution in [2.75, 3.05) is 6.54 Å². The van der Waals surface area contributed by atoms with Gasteiger partial charge in [0.15, 0.2) is 0 Å². The maximum Gasteiger partial charge on any atom is 0.224 e. The summed E-state index contributed by atoms with van der Waals surface area (Å²) < 4.78 is 2.35. The lowest BCUT2D eigenvalue weighted by molar-refractivity contribution is -0.134. The quantitative estimate of drug-likeness (QED) is 0.574. The third-order valence-corrected chi connectivity index (χ3v) is 8.02. The molecule has 3 heterocycles. The first-order valence-corrected chi connectivity index (χ1v) is 12.8. The van der Waals surface area contributed by atoms with E-state index in [1.54, 1.807) is 0 Å². The molecule has 4 nitrogen and oxygen atoms in total. The van der Waals surface area contributed by atoms with Crippen molar-refractivity contribution < 1.29 is 4.79 Å². The molecule has 0 saturated carbocycles. The van der Waals surface area contributed by atoms with Gasteiger partial charge in [0.2, 0.25) is 5.91 Å². The van der Waals surface area contributed by atoms with Crippen molar-refractivity contribution in [3.8, 4) is 0 Å². The lowest BCUT2D eigenvalue weighted by Crippen LogP contribution is -2.48. The molecule has 1 amide bonds. The maximum atomic E-state index is 13.8. The lowest BCUT2D eigenvalue weighted by atomic mass is 9.98. The summed E-state index contributed by atoms with van der Waals surface area (Å²) in [6.45, 7) is 6.20. The van der Waals surface area contributed by atoms with E-state index < -0.39 is 0 Å². The first kappa shape index (κ1) is 22.2. The smallest absolute Gasteiger partial charge is 0.224 e. The number of benzene rings is 2. The molecule has 0 unspecified atom stereocenters. The summed E-state index contributed by atoms with van der Waals surface area (Å²) in [6.07, 6.45) is 7.44. The highest BCUT2D eigenvalue weighted by molar-refractivity contribution is 5.85. The van der Waals surface area contributed by atoms with E-state index in [9.17, 15) is 4.79 Å². The molecule has 2 aliphatic rings. The molecule has 3 atom stereocenters. The van der Waals surface area contributed by atoms with E-state index in [-0.39, 0.29) is 6.04 Å². The molecule has 174 valence electrons. The molecule has 2 aliphatic heterocycles. The molecule has 1 aromatic heterocycles. The molecule has 0 radical (unpaired) electrons. The monoisotopic (exact) mass is 443 g/mol. The van der Waals surface area contributed by atoms with Gasteiger partial charge >= 0.3 is 0 Å². The van der Waals surface area contributed by atoms with Crippen molar-refractivity contribution in [2.24, 2.45) is 0 Å². The summed E-state index contributed by atoms with van der Waals surface area (Å²) in [4.78, 5) is 16.1. The summed E-state index contributed by atoms with van der Waals surface area (Å²) in [7, 11) is 0. The Morgan fingerprint density at radius 1 is 1.00 bits per heavy atom. The van der Waals surface area contributed by atoms with Crippen molar-refractivity contribution in [1.82, 2.24) is 14.8 Å². The number of fused-ring (bicyclic) bond motifs is 2. The Labute approximate surface area is 198 Å². The zero-order chi connectivity index (χ0) is 22.8. The van der Waals surface area contributed by atoms with Crippen molar-refractivity contribution in [2.45, 2.75) is 83.5 Å². The van der Waals surface area contributed by atoms with E-state index in [2.05, 4.69) is 83.2 Å². The van der Waals surface area contributed by atoms with Crippen LogP contribution < -0.4 is 5.32 Å². The number of carbonyl (C=O) groups excluding carboxylic acids is 1. The third kappa shape index (κ3) is 4.46. The predicted molar refractivity (Wildman–Crippen MR) is 135 cm³/mol. The van der Waals surface area contributed by atoms with Crippen LogP contribution in [0.15, 0.2) is 54.6 Å². The third-order valence-electron chi connectivity index (χ3n) is 8.02. The number of rotatable bonds is 5. The van der Waals surface area contributed by atoms with Crippen LogP contribution in [0.5, 0.6) is 0 Å². The Morgan fingerprint density at radius 3 is 2.64 bits per heavy atom. The molecule has 4 heteroatoms. The van der Waals surface area contributed by atoms with Gasteiger partial charge in [-0.15, -0.1) is 0 Å². The second kappa shape index (κ2) is 9.72. The molecule has 1 N–H and O–H groups in total. The first-order chi connectivity index (χ1) is 16.1. The van der Waals surface area contributed by atoms with Crippen molar-refractivity contribution >= 4 is 16.8 Å². The second-order valence-corrected chi connectivity index (χ2v) is 9.99. The number of para-hydroxylation sites is 1. The standard InChI is InChI=1S/C29H37N3O/c1-21-22(2)31(27-14-9-8-13-25(21)27)18-16-29(33)32-24(19-23-11-5-3-6-12-23)20-26-28(32)15-7-4-10-17-30-26/h3,5-6,8-9,11-14,24,26,28,30H,4,7,10,15-20H2,1-2H3/t24-,26+,28-/m0/s1. The Hall–Kier alpha value is -2.59. The van der Waals surface area contributed by atoms with Crippen LogP contribution in [0, 0.1) is 13.8 Å². The van der Waals surface area contributed by atoms with E-state index in [0.717, 1.165) is 32.4 Å². The summed E-state index contributed by atoms with van der Waals surface area (Å²) in [5.41, 5.74) is 5.17. The van der Waals surface area contributed by atoms with Gasteiger partial charge in [-0.3, -0.25) is 4.79 Å². The van der Waals surface area contributed by atoms with E-state index >= 15 is 0 Å². The molecule has 0 bridgehead atoms. The number of nitrogens with one attached hydrogen (secondary N) is 1. The van der Waals surface area contributed by atoms with Crippen LogP contribution in [0.4, 0.5) is 0 Å². The SMILES string of the molecule is Cc1c(C)n(CCC(=O)N2[C@@H](Cc3ccccc3)C[C@H]3NCCCCC[C@@H]32)c2ccccc12. The van der Waals surface area contributed by atoms with Gasteiger partial charge in [-0.25, -0.2) is 0 Å². The number of aryl methyl sites for hydroxylation is 2. The largest absolute Gasteiger partial charge is 0.344 e. The normalized spacial score (nSPS) is 23.3. The molecule has 0 aliphatic carbocycles. The van der Waals surface area contributed by atoms with Crippen LogP contribution in [0.3, 0.4) is 0 Å². The van der Waals surface area contributed by atoms with Crippen LogP contribution in [0.25, 0.3) is 10.9 Å². The lowest BCUT2D eigenvalue weighted by Gasteiger charge is -2.33. The minimum Gasteiger partial charge on any atom is -0.344 e. The number of amides is 1. The number of nitrogens with zero attached hydrogens (tertiary/aromatic N) is 2. The van der Waals surface area contributed by atoms with E-state index in [4.69, 9.17) is 0 Å². The molecule has 2 aromatic carbocycles. The molecular formula is C29H37N3O. The van der Waals surface area contributed by atoms with Gasteiger partial charge in [0.05, 0.1) is 0 Å². The van der Waals surface area contributed by atoms with Crippen LogP contribution in [-0.4, -0.2) is 40.0 Å². The fraction of sp³-hybridized carbons (Fsp3) is 0.483. The molecule has 5 rings (SSSR count). The molecule has 33 heavy (non-hydrogen) atoms. The van der Waals surface area contributed by atoms with Gasteiger partial charge < -0.3 is 14.8 Å². The molecule has 0 spiro atoms. The number of likely N-dealkylation sites (tertiary alicyclic amines) is 1. The zero-order valence-electron chi connectivity index (χ0n) is 20.1. The van der Waals surface area contributed by atoms with Crippen molar-refractivity contribution in [3.05, 3.63) is 71.4 Å². The average Bonchev–Trinajstić information content (AvgIpc) is 3.27. The van der Waals surface area contributed by atoms with Crippen molar-refractivity contribution in [3.63, 3.8) is 0 Å². The molecule has 2 fully saturated rings. The van der Waals surface area contributed by atoms with Gasteiger partial charge in [-0.1, -0.05) is 61.4 Å². The highest BCUT2D eigenvalue weighted by Crippen LogP contribution is 2.33. The second-order valence-electron chi connectivity index (χ2n) is 9.99. The average molecular weight is 444 g/mol. The van der Waals surface area contributed by atoms with Crippen molar-refractivity contribution in [1.29, 1.82) is 0 Å². The van der Waals surface area contributed by atoms with E-state index in [0.29, 0.717) is 24.4 Å². The minimum atomic E-state index is 0.282. The highest BCUT2D eigenvalue weighted by Gasteiger charge is 2.43. The summed E-state index contributed by atoms with van der Waals surface area (Å²) >= 11 is 0. The van der Waals surface area contributed by atoms with Crippen LogP contribution in [-0.2, 0) is 17.8 Å². The molecule has 2 saturated heterocycles. The predicted octanol–water partition coefficient (Wildman–Crippen LogP) is 5.39. The Bertz CT molecular complexity index is 1100. The van der Waals surface area contributed by atoms with E-state index in [1.165, 1.54) is 47.0 Å².